The second-order valence-electron chi connectivity index (χ2n) is 5.25. The smallest absolute Gasteiger partial charge is 0.329 e. The van der Waals surface area contributed by atoms with Gasteiger partial charge in [-0.1, -0.05) is 25.1 Å². The minimum atomic E-state index is -0.978. The highest BCUT2D eigenvalue weighted by Crippen LogP contribution is 2.33. The minimum Gasteiger partial charge on any atom is -0.479 e. The van der Waals surface area contributed by atoms with Crippen LogP contribution >= 0.6 is 11.8 Å². The van der Waals surface area contributed by atoms with Crippen molar-refractivity contribution in [1.29, 1.82) is 0 Å². The van der Waals surface area contributed by atoms with Crippen molar-refractivity contribution >= 4 is 23.6 Å². The van der Waals surface area contributed by atoms with E-state index in [-0.39, 0.29) is 5.91 Å². The van der Waals surface area contributed by atoms with Crippen molar-refractivity contribution in [2.45, 2.75) is 43.0 Å². The quantitative estimate of drug-likeness (QED) is 0.821. The van der Waals surface area contributed by atoms with Crippen LogP contribution in [0.4, 0.5) is 0 Å². The van der Waals surface area contributed by atoms with Gasteiger partial charge in [0.05, 0.1) is 0 Å². The van der Waals surface area contributed by atoms with Gasteiger partial charge in [-0.2, -0.15) is 0 Å². The molecule has 1 heterocycles. The van der Waals surface area contributed by atoms with Crippen LogP contribution in [-0.2, 0) is 9.59 Å². The van der Waals surface area contributed by atoms with Crippen molar-refractivity contribution in [2.75, 3.05) is 12.3 Å². The molecule has 1 fully saturated rings. The van der Waals surface area contributed by atoms with E-state index in [1.165, 1.54) is 0 Å². The number of hydrogen-bond acceptors (Lipinski definition) is 3. The number of thioether (sulfide) groups is 1. The third-order valence-corrected chi connectivity index (χ3v) is 5.11. The fourth-order valence-corrected chi connectivity index (χ4v) is 3.75. The average molecular weight is 307 g/mol. The topological polar surface area (TPSA) is 57.6 Å². The zero-order chi connectivity index (χ0) is 15.3. The number of rotatable bonds is 6. The molecular weight excluding hydrogens is 286 g/mol. The van der Waals surface area contributed by atoms with Crippen molar-refractivity contribution < 1.29 is 14.7 Å². The van der Waals surface area contributed by atoms with Crippen LogP contribution in [0.5, 0.6) is 0 Å². The lowest BCUT2D eigenvalue weighted by atomic mass is 9.93. The van der Waals surface area contributed by atoms with Gasteiger partial charge < -0.3 is 10.0 Å². The van der Waals surface area contributed by atoms with Crippen LogP contribution in [0.15, 0.2) is 35.2 Å². The summed E-state index contributed by atoms with van der Waals surface area (Å²) in [5, 5.41) is 9.49. The monoisotopic (exact) mass is 307 g/mol. The average Bonchev–Trinajstić information content (AvgIpc) is 2.93. The first-order chi connectivity index (χ1) is 10.1. The number of nitrogens with zero attached hydrogens (tertiary/aromatic N) is 1. The summed E-state index contributed by atoms with van der Waals surface area (Å²) < 4.78 is 0. The summed E-state index contributed by atoms with van der Waals surface area (Å²) in [5.74, 6) is -0.231. The normalized spacial score (nSPS) is 21.5. The van der Waals surface area contributed by atoms with Gasteiger partial charge in [0.15, 0.2) is 0 Å². The molecule has 1 atom stereocenters. The van der Waals surface area contributed by atoms with Crippen LogP contribution in [-0.4, -0.2) is 39.7 Å². The van der Waals surface area contributed by atoms with Gasteiger partial charge in [0, 0.05) is 23.6 Å². The van der Waals surface area contributed by atoms with Crippen molar-refractivity contribution in [1.82, 2.24) is 4.90 Å². The van der Waals surface area contributed by atoms with E-state index in [1.54, 1.807) is 16.7 Å². The molecule has 21 heavy (non-hydrogen) atoms. The Morgan fingerprint density at radius 2 is 2.05 bits per heavy atom. The molecule has 1 aliphatic heterocycles. The number of carboxylic acids is 1. The van der Waals surface area contributed by atoms with E-state index in [2.05, 4.69) is 0 Å². The van der Waals surface area contributed by atoms with Gasteiger partial charge in [-0.15, -0.1) is 11.8 Å². The largest absolute Gasteiger partial charge is 0.479 e. The molecule has 1 aromatic rings. The molecule has 2 rings (SSSR count). The number of benzene rings is 1. The Balaban J connectivity index is 1.92. The van der Waals surface area contributed by atoms with Crippen LogP contribution < -0.4 is 0 Å². The van der Waals surface area contributed by atoms with Gasteiger partial charge >= 0.3 is 5.97 Å². The second-order valence-corrected chi connectivity index (χ2v) is 6.42. The minimum absolute atomic E-state index is 0.0415. The summed E-state index contributed by atoms with van der Waals surface area (Å²) in [4.78, 5) is 26.6. The molecule has 0 aliphatic carbocycles. The molecule has 1 aromatic carbocycles. The second kappa shape index (κ2) is 6.98. The molecular formula is C16H21NO3S. The number of hydrogen-bond donors (Lipinski definition) is 1. The predicted molar refractivity (Wildman–Crippen MR) is 83.4 cm³/mol. The molecule has 1 N–H and O–H groups in total. The summed E-state index contributed by atoms with van der Waals surface area (Å²) in [5.41, 5.74) is -0.978. The van der Waals surface area contributed by atoms with Crippen LogP contribution in [0.3, 0.4) is 0 Å². The molecule has 114 valence electrons. The predicted octanol–water partition coefficient (Wildman–Crippen LogP) is 3.02. The van der Waals surface area contributed by atoms with E-state index in [1.807, 2.05) is 37.3 Å². The number of carboxylic acid groups (broad SMARTS) is 1. The SMILES string of the molecule is CCC1(C(=O)O)CCCN1C(=O)CCSc1ccccc1. The van der Waals surface area contributed by atoms with E-state index < -0.39 is 11.5 Å². The fraction of sp³-hybridized carbons (Fsp3) is 0.500. The standard InChI is InChI=1S/C16H21NO3S/c1-2-16(15(19)20)10-6-11-17(16)14(18)9-12-21-13-7-4-3-5-8-13/h3-5,7-8H,2,6,9-12H2,1H3,(H,19,20). The first kappa shape index (κ1) is 15.9. The highest BCUT2D eigenvalue weighted by Gasteiger charge is 2.48. The van der Waals surface area contributed by atoms with Gasteiger partial charge in [-0.25, -0.2) is 4.79 Å². The van der Waals surface area contributed by atoms with Crippen molar-refractivity contribution in [2.24, 2.45) is 0 Å². The maximum atomic E-state index is 12.4. The molecule has 0 bridgehead atoms. The van der Waals surface area contributed by atoms with Crippen molar-refractivity contribution in [3.05, 3.63) is 30.3 Å². The summed E-state index contributed by atoms with van der Waals surface area (Å²) in [6.07, 6.45) is 2.20. The molecule has 0 spiro atoms. The number of amides is 1. The van der Waals surface area contributed by atoms with Crippen LogP contribution in [0.2, 0.25) is 0 Å². The number of carbonyl (C=O) groups excluding carboxylic acids is 1. The Morgan fingerprint density at radius 1 is 1.33 bits per heavy atom. The van der Waals surface area contributed by atoms with Crippen molar-refractivity contribution in [3.8, 4) is 0 Å². The molecule has 1 saturated heterocycles. The molecule has 4 nitrogen and oxygen atoms in total. The van der Waals surface area contributed by atoms with Gasteiger partial charge in [0.2, 0.25) is 5.91 Å². The van der Waals surface area contributed by atoms with E-state index in [0.717, 1.165) is 11.3 Å². The van der Waals surface area contributed by atoms with Gasteiger partial charge in [-0.05, 0) is 31.4 Å². The van der Waals surface area contributed by atoms with Gasteiger partial charge in [-0.3, -0.25) is 4.79 Å². The Hall–Kier alpha value is -1.49. The van der Waals surface area contributed by atoms with Crippen LogP contribution in [0, 0.1) is 0 Å². The highest BCUT2D eigenvalue weighted by molar-refractivity contribution is 7.99. The third-order valence-electron chi connectivity index (χ3n) is 4.10. The van der Waals surface area contributed by atoms with Crippen molar-refractivity contribution in [3.63, 3.8) is 0 Å². The Kier molecular flexibility index (Phi) is 5.28. The lowest BCUT2D eigenvalue weighted by Crippen LogP contribution is -2.52. The van der Waals surface area contributed by atoms with Crippen LogP contribution in [0.25, 0.3) is 0 Å². The number of aliphatic carboxylic acids is 1. The maximum absolute atomic E-state index is 12.4. The Bertz CT molecular complexity index is 506. The number of likely N-dealkylation sites (tertiary alicyclic amines) is 1. The maximum Gasteiger partial charge on any atom is 0.329 e. The molecule has 0 radical (unpaired) electrons. The van der Waals surface area contributed by atoms with Crippen LogP contribution in [0.1, 0.15) is 32.6 Å². The van der Waals surface area contributed by atoms with E-state index in [4.69, 9.17) is 0 Å². The molecule has 0 aromatic heterocycles. The summed E-state index contributed by atoms with van der Waals surface area (Å²) in [7, 11) is 0. The van der Waals surface area contributed by atoms with E-state index in [0.29, 0.717) is 31.6 Å². The zero-order valence-electron chi connectivity index (χ0n) is 12.2. The zero-order valence-corrected chi connectivity index (χ0v) is 13.1. The molecule has 1 amide bonds. The first-order valence-electron chi connectivity index (χ1n) is 7.32. The van der Waals surface area contributed by atoms with Gasteiger partial charge in [0.25, 0.3) is 0 Å². The lowest BCUT2D eigenvalue weighted by molar-refractivity contribution is -0.156. The van der Waals surface area contributed by atoms with Gasteiger partial charge in [0.1, 0.15) is 5.54 Å². The van der Waals surface area contributed by atoms with E-state index >= 15 is 0 Å². The molecule has 0 saturated carbocycles. The Morgan fingerprint density at radius 3 is 2.67 bits per heavy atom. The third kappa shape index (κ3) is 3.40. The van der Waals surface area contributed by atoms with E-state index in [9.17, 15) is 14.7 Å². The first-order valence-corrected chi connectivity index (χ1v) is 8.30. The Labute approximate surface area is 129 Å². The highest BCUT2D eigenvalue weighted by atomic mass is 32.2. The summed E-state index contributed by atoms with van der Waals surface area (Å²) >= 11 is 1.63. The summed E-state index contributed by atoms with van der Waals surface area (Å²) in [6, 6.07) is 9.92. The number of carbonyl (C=O) groups is 2. The fourth-order valence-electron chi connectivity index (χ4n) is 2.89. The molecule has 5 heteroatoms. The lowest BCUT2D eigenvalue weighted by Gasteiger charge is -2.34. The molecule has 1 unspecified atom stereocenters. The summed E-state index contributed by atoms with van der Waals surface area (Å²) in [6.45, 7) is 2.41. The molecule has 1 aliphatic rings.